The van der Waals surface area contributed by atoms with Gasteiger partial charge in [-0.15, -0.1) is 11.3 Å². The van der Waals surface area contributed by atoms with Crippen molar-refractivity contribution in [3.8, 4) is 0 Å². The standard InChI is InChI=1S/C12H16BrNO2S/c1-2-16-12(15)11-4-3-5-14(11)7-10-6-9(13)8-17-10/h6,8,11H,2-5,7H2,1H3. The molecule has 1 aliphatic rings. The molecule has 0 bridgehead atoms. The Morgan fingerprint density at radius 2 is 2.53 bits per heavy atom. The second-order valence-corrected chi connectivity index (χ2v) is 6.02. The number of esters is 1. The van der Waals surface area contributed by atoms with Gasteiger partial charge in [-0.05, 0) is 48.3 Å². The Labute approximate surface area is 114 Å². The topological polar surface area (TPSA) is 29.5 Å². The minimum atomic E-state index is -0.0689. The molecule has 17 heavy (non-hydrogen) atoms. The molecule has 1 unspecified atom stereocenters. The highest BCUT2D eigenvalue weighted by Gasteiger charge is 2.31. The van der Waals surface area contributed by atoms with Gasteiger partial charge in [-0.2, -0.15) is 0 Å². The monoisotopic (exact) mass is 317 g/mol. The summed E-state index contributed by atoms with van der Waals surface area (Å²) in [5.74, 6) is -0.0689. The highest BCUT2D eigenvalue weighted by Crippen LogP contribution is 2.25. The van der Waals surface area contributed by atoms with Gasteiger partial charge in [0, 0.05) is 21.3 Å². The first kappa shape index (κ1) is 13.1. The third kappa shape index (κ3) is 3.30. The number of nitrogens with zero attached hydrogens (tertiary/aromatic N) is 1. The molecule has 0 N–H and O–H groups in total. The maximum absolute atomic E-state index is 11.8. The Kier molecular flexibility index (Phi) is 4.59. The normalized spacial score (nSPS) is 20.7. The van der Waals surface area contributed by atoms with Crippen LogP contribution in [0.1, 0.15) is 24.6 Å². The summed E-state index contributed by atoms with van der Waals surface area (Å²) in [4.78, 5) is 15.3. The smallest absolute Gasteiger partial charge is 0.323 e. The van der Waals surface area contributed by atoms with Crippen molar-refractivity contribution >= 4 is 33.2 Å². The van der Waals surface area contributed by atoms with Crippen molar-refractivity contribution in [3.63, 3.8) is 0 Å². The predicted octanol–water partition coefficient (Wildman–Crippen LogP) is 3.04. The average Bonchev–Trinajstić information content (AvgIpc) is 2.89. The number of likely N-dealkylation sites (tertiary alicyclic amines) is 1. The molecular formula is C12H16BrNO2S. The van der Waals surface area contributed by atoms with Gasteiger partial charge in [0.2, 0.25) is 0 Å². The fourth-order valence-electron chi connectivity index (χ4n) is 2.16. The molecule has 2 rings (SSSR count). The highest BCUT2D eigenvalue weighted by atomic mass is 79.9. The molecular weight excluding hydrogens is 302 g/mol. The van der Waals surface area contributed by atoms with E-state index >= 15 is 0 Å². The summed E-state index contributed by atoms with van der Waals surface area (Å²) in [6.45, 7) is 4.15. The maximum Gasteiger partial charge on any atom is 0.323 e. The molecule has 1 aromatic rings. The number of thiophene rings is 1. The summed E-state index contributed by atoms with van der Waals surface area (Å²) >= 11 is 5.17. The molecule has 0 amide bonds. The van der Waals surface area contributed by atoms with Crippen molar-refractivity contribution in [2.24, 2.45) is 0 Å². The van der Waals surface area contributed by atoms with Crippen LogP contribution >= 0.6 is 27.3 Å². The Bertz CT molecular complexity index is 394. The zero-order valence-electron chi connectivity index (χ0n) is 9.82. The van der Waals surface area contributed by atoms with Gasteiger partial charge in [0.15, 0.2) is 0 Å². The number of rotatable bonds is 4. The second kappa shape index (κ2) is 5.98. The van der Waals surface area contributed by atoms with Gasteiger partial charge < -0.3 is 4.74 Å². The molecule has 0 spiro atoms. The fraction of sp³-hybridized carbons (Fsp3) is 0.583. The van der Waals surface area contributed by atoms with E-state index in [1.54, 1.807) is 11.3 Å². The Morgan fingerprint density at radius 1 is 1.71 bits per heavy atom. The van der Waals surface area contributed by atoms with Crippen molar-refractivity contribution in [3.05, 3.63) is 20.8 Å². The van der Waals surface area contributed by atoms with Gasteiger partial charge in [-0.25, -0.2) is 0 Å². The van der Waals surface area contributed by atoms with E-state index in [0.29, 0.717) is 6.61 Å². The summed E-state index contributed by atoms with van der Waals surface area (Å²) in [6.07, 6.45) is 2.00. The van der Waals surface area contributed by atoms with Gasteiger partial charge in [0.05, 0.1) is 6.61 Å². The molecule has 1 saturated heterocycles. The van der Waals surface area contributed by atoms with Gasteiger partial charge >= 0.3 is 5.97 Å². The number of halogens is 1. The Hall–Kier alpha value is -0.390. The lowest BCUT2D eigenvalue weighted by atomic mass is 10.2. The minimum absolute atomic E-state index is 0.0455. The molecule has 1 aliphatic heterocycles. The van der Waals surface area contributed by atoms with Crippen molar-refractivity contribution in [2.45, 2.75) is 32.4 Å². The van der Waals surface area contributed by atoms with Gasteiger partial charge in [0.25, 0.3) is 0 Å². The maximum atomic E-state index is 11.8. The van der Waals surface area contributed by atoms with Crippen LogP contribution in [0.5, 0.6) is 0 Å². The van der Waals surface area contributed by atoms with E-state index < -0.39 is 0 Å². The first-order chi connectivity index (χ1) is 8.20. The largest absolute Gasteiger partial charge is 0.465 e. The molecule has 0 saturated carbocycles. The number of hydrogen-bond acceptors (Lipinski definition) is 4. The summed E-state index contributed by atoms with van der Waals surface area (Å²) in [6, 6.07) is 2.07. The van der Waals surface area contributed by atoms with Crippen molar-refractivity contribution in [1.82, 2.24) is 4.90 Å². The van der Waals surface area contributed by atoms with E-state index in [2.05, 4.69) is 32.3 Å². The number of ether oxygens (including phenoxy) is 1. The van der Waals surface area contributed by atoms with Gasteiger partial charge in [-0.1, -0.05) is 0 Å². The molecule has 3 nitrogen and oxygen atoms in total. The molecule has 94 valence electrons. The predicted molar refractivity (Wildman–Crippen MR) is 72.1 cm³/mol. The minimum Gasteiger partial charge on any atom is -0.465 e. The third-order valence-electron chi connectivity index (χ3n) is 2.90. The second-order valence-electron chi connectivity index (χ2n) is 4.11. The molecule has 1 atom stereocenters. The van der Waals surface area contributed by atoms with Crippen molar-refractivity contribution in [2.75, 3.05) is 13.2 Å². The zero-order valence-corrected chi connectivity index (χ0v) is 12.2. The van der Waals surface area contributed by atoms with Crippen LogP contribution < -0.4 is 0 Å². The molecule has 2 heterocycles. The van der Waals surface area contributed by atoms with E-state index in [1.165, 1.54) is 4.88 Å². The van der Waals surface area contributed by atoms with Crippen LogP contribution in [0.15, 0.2) is 15.9 Å². The van der Waals surface area contributed by atoms with E-state index in [4.69, 9.17) is 4.74 Å². The van der Waals surface area contributed by atoms with E-state index in [0.717, 1.165) is 30.4 Å². The van der Waals surface area contributed by atoms with E-state index in [1.807, 2.05) is 6.92 Å². The van der Waals surface area contributed by atoms with Crippen LogP contribution in [-0.4, -0.2) is 30.1 Å². The van der Waals surface area contributed by atoms with Crippen LogP contribution in [0.2, 0.25) is 0 Å². The summed E-state index contributed by atoms with van der Waals surface area (Å²) in [5.41, 5.74) is 0. The molecule has 1 fully saturated rings. The lowest BCUT2D eigenvalue weighted by molar-refractivity contribution is -0.148. The van der Waals surface area contributed by atoms with Gasteiger partial charge in [-0.3, -0.25) is 9.69 Å². The third-order valence-corrected chi connectivity index (χ3v) is 4.59. The number of carbonyl (C=O) groups excluding carboxylic acids is 1. The Morgan fingerprint density at radius 3 is 3.18 bits per heavy atom. The molecule has 0 aliphatic carbocycles. The summed E-state index contributed by atoms with van der Waals surface area (Å²) in [5, 5.41) is 2.07. The van der Waals surface area contributed by atoms with Crippen molar-refractivity contribution in [1.29, 1.82) is 0 Å². The highest BCUT2D eigenvalue weighted by molar-refractivity contribution is 9.10. The van der Waals surface area contributed by atoms with Crippen molar-refractivity contribution < 1.29 is 9.53 Å². The van der Waals surface area contributed by atoms with Crippen LogP contribution in [0.3, 0.4) is 0 Å². The SMILES string of the molecule is CCOC(=O)C1CCCN1Cc1cc(Br)cs1. The number of carbonyl (C=O) groups is 1. The lowest BCUT2D eigenvalue weighted by Gasteiger charge is -2.21. The van der Waals surface area contributed by atoms with Crippen LogP contribution in [0, 0.1) is 0 Å². The fourth-order valence-corrected chi connectivity index (χ4v) is 3.63. The molecule has 0 aromatic carbocycles. The van der Waals surface area contributed by atoms with E-state index in [9.17, 15) is 4.79 Å². The Balaban J connectivity index is 1.97. The van der Waals surface area contributed by atoms with Crippen LogP contribution in [0.25, 0.3) is 0 Å². The first-order valence-corrected chi connectivity index (χ1v) is 7.51. The van der Waals surface area contributed by atoms with Gasteiger partial charge in [0.1, 0.15) is 6.04 Å². The molecule has 1 aromatic heterocycles. The average molecular weight is 318 g/mol. The molecule has 5 heteroatoms. The first-order valence-electron chi connectivity index (χ1n) is 5.84. The summed E-state index contributed by atoms with van der Waals surface area (Å²) in [7, 11) is 0. The van der Waals surface area contributed by atoms with Crippen LogP contribution in [-0.2, 0) is 16.1 Å². The number of hydrogen-bond donors (Lipinski definition) is 0. The molecule has 0 radical (unpaired) electrons. The quantitative estimate of drug-likeness (QED) is 0.799. The lowest BCUT2D eigenvalue weighted by Crippen LogP contribution is -2.36. The summed E-state index contributed by atoms with van der Waals surface area (Å²) < 4.78 is 6.23. The van der Waals surface area contributed by atoms with E-state index in [-0.39, 0.29) is 12.0 Å². The van der Waals surface area contributed by atoms with Crippen LogP contribution in [0.4, 0.5) is 0 Å². The zero-order chi connectivity index (χ0) is 12.3.